The van der Waals surface area contributed by atoms with Gasteiger partial charge in [-0.15, -0.1) is 0 Å². The molecule has 4 heteroatoms. The summed E-state index contributed by atoms with van der Waals surface area (Å²) < 4.78 is 0. The standard InChI is InChI=1S/C15H29N3O/c1-17-15(14(16)19)9-6-7-13(15)8-12-18-10-4-2-3-5-11-18/h13,17H,2-12H2,1H3,(H2,16,19). The van der Waals surface area contributed by atoms with Gasteiger partial charge in [0.15, 0.2) is 0 Å². The highest BCUT2D eigenvalue weighted by molar-refractivity contribution is 5.85. The Morgan fingerprint density at radius 2 is 1.95 bits per heavy atom. The van der Waals surface area contributed by atoms with Crippen molar-refractivity contribution >= 4 is 5.91 Å². The second-order valence-corrected chi connectivity index (χ2v) is 6.22. The van der Waals surface area contributed by atoms with E-state index >= 15 is 0 Å². The third-order valence-electron chi connectivity index (χ3n) is 5.20. The van der Waals surface area contributed by atoms with E-state index in [1.54, 1.807) is 0 Å². The average molecular weight is 267 g/mol. The number of rotatable bonds is 5. The highest BCUT2D eigenvalue weighted by Crippen LogP contribution is 2.37. The number of nitrogens with two attached hydrogens (primary N) is 1. The molecule has 2 aliphatic rings. The van der Waals surface area contributed by atoms with Gasteiger partial charge in [-0.2, -0.15) is 0 Å². The lowest BCUT2D eigenvalue weighted by Crippen LogP contribution is -2.56. The molecule has 2 unspecified atom stereocenters. The highest BCUT2D eigenvalue weighted by atomic mass is 16.1. The van der Waals surface area contributed by atoms with Crippen molar-refractivity contribution in [3.63, 3.8) is 0 Å². The molecule has 1 aliphatic heterocycles. The van der Waals surface area contributed by atoms with Crippen LogP contribution in [0.1, 0.15) is 51.4 Å². The molecule has 3 N–H and O–H groups in total. The molecule has 1 saturated carbocycles. The first-order valence-corrected chi connectivity index (χ1v) is 7.90. The maximum Gasteiger partial charge on any atom is 0.238 e. The first-order chi connectivity index (χ1) is 9.19. The van der Waals surface area contributed by atoms with E-state index in [4.69, 9.17) is 5.73 Å². The van der Waals surface area contributed by atoms with E-state index in [0.717, 1.165) is 32.2 Å². The lowest BCUT2D eigenvalue weighted by Gasteiger charge is -2.33. The smallest absolute Gasteiger partial charge is 0.238 e. The van der Waals surface area contributed by atoms with Gasteiger partial charge in [0.05, 0.1) is 0 Å². The molecular weight excluding hydrogens is 238 g/mol. The zero-order valence-corrected chi connectivity index (χ0v) is 12.3. The molecular formula is C15H29N3O. The molecule has 2 rings (SSSR count). The van der Waals surface area contributed by atoms with Crippen LogP contribution < -0.4 is 11.1 Å². The molecule has 0 radical (unpaired) electrons. The topological polar surface area (TPSA) is 58.4 Å². The first-order valence-electron chi connectivity index (χ1n) is 7.90. The molecule has 0 spiro atoms. The van der Waals surface area contributed by atoms with Crippen LogP contribution in [0.5, 0.6) is 0 Å². The zero-order chi connectivity index (χ0) is 13.7. The van der Waals surface area contributed by atoms with Crippen molar-refractivity contribution in [3.8, 4) is 0 Å². The summed E-state index contributed by atoms with van der Waals surface area (Å²) in [5, 5.41) is 3.23. The van der Waals surface area contributed by atoms with E-state index in [1.165, 1.54) is 38.8 Å². The van der Waals surface area contributed by atoms with E-state index in [0.29, 0.717) is 5.92 Å². The van der Waals surface area contributed by atoms with Crippen molar-refractivity contribution in [1.82, 2.24) is 10.2 Å². The lowest BCUT2D eigenvalue weighted by molar-refractivity contribution is -0.125. The van der Waals surface area contributed by atoms with Crippen molar-refractivity contribution < 1.29 is 4.79 Å². The number of hydrogen-bond acceptors (Lipinski definition) is 3. The molecule has 2 atom stereocenters. The molecule has 0 bridgehead atoms. The minimum absolute atomic E-state index is 0.159. The van der Waals surface area contributed by atoms with Gasteiger partial charge in [-0.25, -0.2) is 0 Å². The van der Waals surface area contributed by atoms with Crippen LogP contribution >= 0.6 is 0 Å². The van der Waals surface area contributed by atoms with Crippen molar-refractivity contribution in [2.45, 2.75) is 56.9 Å². The van der Waals surface area contributed by atoms with Crippen LogP contribution in [0.15, 0.2) is 0 Å². The van der Waals surface area contributed by atoms with Crippen molar-refractivity contribution in [2.75, 3.05) is 26.7 Å². The molecule has 1 aliphatic carbocycles. The molecule has 1 heterocycles. The summed E-state index contributed by atoms with van der Waals surface area (Å²) in [5.74, 6) is 0.256. The third-order valence-corrected chi connectivity index (χ3v) is 5.20. The second-order valence-electron chi connectivity index (χ2n) is 6.22. The van der Waals surface area contributed by atoms with Crippen molar-refractivity contribution in [3.05, 3.63) is 0 Å². The quantitative estimate of drug-likeness (QED) is 0.793. The van der Waals surface area contributed by atoms with Crippen molar-refractivity contribution in [1.29, 1.82) is 0 Å². The molecule has 1 saturated heterocycles. The second kappa shape index (κ2) is 6.71. The predicted octanol–water partition coefficient (Wildman–Crippen LogP) is 1.50. The largest absolute Gasteiger partial charge is 0.368 e. The number of carbonyl (C=O) groups excluding carboxylic acids is 1. The third kappa shape index (κ3) is 3.29. The Hall–Kier alpha value is -0.610. The number of likely N-dealkylation sites (N-methyl/N-ethyl adjacent to an activating group) is 1. The fourth-order valence-electron chi connectivity index (χ4n) is 3.94. The van der Waals surface area contributed by atoms with Gasteiger partial charge in [-0.1, -0.05) is 19.3 Å². The Labute approximate surface area is 117 Å². The molecule has 0 aromatic heterocycles. The van der Waals surface area contributed by atoms with E-state index in [2.05, 4.69) is 10.2 Å². The van der Waals surface area contributed by atoms with E-state index in [-0.39, 0.29) is 5.91 Å². The summed E-state index contributed by atoms with van der Waals surface area (Å²) in [4.78, 5) is 14.4. The van der Waals surface area contributed by atoms with E-state index < -0.39 is 5.54 Å². The SMILES string of the molecule is CNC1(C(N)=O)CCCC1CCN1CCCCCC1. The maximum atomic E-state index is 11.8. The molecule has 1 amide bonds. The summed E-state index contributed by atoms with van der Waals surface area (Å²) in [6.07, 6.45) is 9.68. The Balaban J connectivity index is 1.88. The molecule has 19 heavy (non-hydrogen) atoms. The number of amides is 1. The summed E-state index contributed by atoms with van der Waals surface area (Å²) in [7, 11) is 1.88. The number of hydrogen-bond donors (Lipinski definition) is 2. The van der Waals surface area contributed by atoms with E-state index in [9.17, 15) is 4.79 Å². The minimum atomic E-state index is -0.439. The Kier molecular flexibility index (Phi) is 5.22. The van der Waals surface area contributed by atoms with Crippen LogP contribution in [0.4, 0.5) is 0 Å². The Morgan fingerprint density at radius 3 is 2.53 bits per heavy atom. The summed E-state index contributed by atoms with van der Waals surface area (Å²) in [6, 6.07) is 0. The molecule has 2 fully saturated rings. The van der Waals surface area contributed by atoms with E-state index in [1.807, 2.05) is 7.05 Å². The monoisotopic (exact) mass is 267 g/mol. The summed E-state index contributed by atoms with van der Waals surface area (Å²) in [5.41, 5.74) is 5.21. The molecule has 0 aromatic carbocycles. The number of likely N-dealkylation sites (tertiary alicyclic amines) is 1. The van der Waals surface area contributed by atoms with Crippen LogP contribution in [0.2, 0.25) is 0 Å². The molecule has 0 aromatic rings. The van der Waals surface area contributed by atoms with Crippen LogP contribution in [-0.2, 0) is 4.79 Å². The van der Waals surface area contributed by atoms with Crippen molar-refractivity contribution in [2.24, 2.45) is 11.7 Å². The maximum absolute atomic E-state index is 11.8. The molecule has 110 valence electrons. The normalized spacial score (nSPS) is 33.2. The number of primary amides is 1. The van der Waals surface area contributed by atoms with Gasteiger partial charge in [0.1, 0.15) is 5.54 Å². The fourth-order valence-corrected chi connectivity index (χ4v) is 3.94. The van der Waals surface area contributed by atoms with Gasteiger partial charge in [0.2, 0.25) is 5.91 Å². The van der Waals surface area contributed by atoms with Crippen LogP contribution in [0, 0.1) is 5.92 Å². The fraction of sp³-hybridized carbons (Fsp3) is 0.933. The van der Waals surface area contributed by atoms with Gasteiger partial charge in [-0.3, -0.25) is 4.79 Å². The highest BCUT2D eigenvalue weighted by Gasteiger charge is 2.46. The van der Waals surface area contributed by atoms with Gasteiger partial charge >= 0.3 is 0 Å². The molecule has 4 nitrogen and oxygen atoms in total. The van der Waals surface area contributed by atoms with Gasteiger partial charge in [0, 0.05) is 0 Å². The Bertz CT molecular complexity index is 300. The first kappa shape index (κ1) is 14.8. The van der Waals surface area contributed by atoms with Gasteiger partial charge < -0.3 is 16.0 Å². The van der Waals surface area contributed by atoms with Crippen LogP contribution in [0.25, 0.3) is 0 Å². The average Bonchev–Trinajstić information content (AvgIpc) is 2.65. The lowest BCUT2D eigenvalue weighted by atomic mass is 9.84. The minimum Gasteiger partial charge on any atom is -0.368 e. The summed E-state index contributed by atoms with van der Waals surface area (Å²) >= 11 is 0. The number of nitrogens with one attached hydrogen (secondary N) is 1. The Morgan fingerprint density at radius 1 is 1.26 bits per heavy atom. The van der Waals surface area contributed by atoms with Crippen LogP contribution in [0.3, 0.4) is 0 Å². The zero-order valence-electron chi connectivity index (χ0n) is 12.3. The van der Waals surface area contributed by atoms with Crippen LogP contribution in [-0.4, -0.2) is 43.0 Å². The van der Waals surface area contributed by atoms with Gasteiger partial charge in [-0.05, 0) is 64.7 Å². The number of nitrogens with zero attached hydrogens (tertiary/aromatic N) is 1. The summed E-state index contributed by atoms with van der Waals surface area (Å²) in [6.45, 7) is 3.59. The van der Waals surface area contributed by atoms with Gasteiger partial charge in [0.25, 0.3) is 0 Å². The predicted molar refractivity (Wildman–Crippen MR) is 77.9 cm³/mol. The number of carbonyl (C=O) groups is 1.